The van der Waals surface area contributed by atoms with Gasteiger partial charge in [-0.15, -0.1) is 5.10 Å². The zero-order valence-electron chi connectivity index (χ0n) is 21.5. The smallest absolute Gasteiger partial charge is 0.295 e. The lowest BCUT2D eigenvalue weighted by molar-refractivity contribution is -0.126. The van der Waals surface area contributed by atoms with Crippen LogP contribution in [0.2, 0.25) is 0 Å². The summed E-state index contributed by atoms with van der Waals surface area (Å²) in [6, 6.07) is 10.2. The molecule has 0 bridgehead atoms. The minimum atomic E-state index is -0.599. The molecular formula is C28H26N8O3. The molecule has 5 heterocycles. The highest BCUT2D eigenvalue weighted by atomic mass is 16.5. The number of Topliss-reactive ketones (excluding diaryl/α,β-unsaturated/α-hetero) is 1. The Morgan fingerprint density at radius 1 is 1.05 bits per heavy atom. The molecule has 196 valence electrons. The number of ether oxygens (including phenoxy) is 1. The van der Waals surface area contributed by atoms with E-state index in [0.29, 0.717) is 48.4 Å². The van der Waals surface area contributed by atoms with Crippen molar-refractivity contribution in [3.63, 3.8) is 0 Å². The standard InChI is InChI=1S/C28H26N8O3/c1-34-17-20(14-32-34)23(18-6-4-3-5-7-18)19-8-11-35(12-9-19)28(38)26(37)21-15-29-25-24(21)22(39-2)16-30-27(25)36-13-10-31-33-36/h3-7,10,13-17,29H,8-9,11-12H2,1-2H3. The second-order valence-electron chi connectivity index (χ2n) is 9.32. The molecule has 1 saturated heterocycles. The fourth-order valence-electron chi connectivity index (χ4n) is 5.15. The van der Waals surface area contributed by atoms with Gasteiger partial charge in [0, 0.05) is 38.1 Å². The number of methoxy groups -OCH3 is 1. The molecule has 1 amide bonds. The van der Waals surface area contributed by atoms with E-state index in [2.05, 4.69) is 37.5 Å². The van der Waals surface area contributed by atoms with Crippen LogP contribution in [-0.2, 0) is 11.8 Å². The Kier molecular flexibility index (Phi) is 6.23. The molecule has 5 aromatic rings. The molecule has 1 aliphatic rings. The highest BCUT2D eigenvalue weighted by molar-refractivity contribution is 6.45. The number of aromatic nitrogens is 7. The molecule has 11 heteroatoms. The predicted molar refractivity (Wildman–Crippen MR) is 143 cm³/mol. The quantitative estimate of drug-likeness (QED) is 0.268. The maximum atomic E-state index is 13.5. The summed E-state index contributed by atoms with van der Waals surface area (Å²) >= 11 is 0. The Bertz CT molecular complexity index is 1690. The number of carbonyl (C=O) groups excluding carboxylic acids is 2. The van der Waals surface area contributed by atoms with Crippen LogP contribution in [0, 0.1) is 0 Å². The summed E-state index contributed by atoms with van der Waals surface area (Å²) < 4.78 is 8.76. The lowest BCUT2D eigenvalue weighted by Gasteiger charge is -2.29. The number of nitrogens with one attached hydrogen (secondary N) is 1. The summed E-state index contributed by atoms with van der Waals surface area (Å²) in [5, 5.41) is 12.7. The number of ketones is 1. The fourth-order valence-corrected chi connectivity index (χ4v) is 5.15. The molecule has 4 aromatic heterocycles. The third kappa shape index (κ3) is 4.37. The maximum Gasteiger partial charge on any atom is 0.295 e. The molecule has 0 saturated carbocycles. The molecule has 0 radical (unpaired) electrons. The van der Waals surface area contributed by atoms with Gasteiger partial charge in [0.15, 0.2) is 5.82 Å². The first kappa shape index (κ1) is 24.3. The lowest BCUT2D eigenvalue weighted by atomic mass is 9.89. The van der Waals surface area contributed by atoms with Gasteiger partial charge in [0.25, 0.3) is 11.7 Å². The molecule has 1 N–H and O–H groups in total. The molecule has 1 fully saturated rings. The molecular weight excluding hydrogens is 496 g/mol. The first-order valence-corrected chi connectivity index (χ1v) is 12.6. The van der Waals surface area contributed by atoms with Crippen LogP contribution in [0.5, 0.6) is 5.75 Å². The van der Waals surface area contributed by atoms with Crippen LogP contribution < -0.4 is 4.74 Å². The summed E-state index contributed by atoms with van der Waals surface area (Å²) in [5.74, 6) is -0.303. The van der Waals surface area contributed by atoms with Crippen molar-refractivity contribution < 1.29 is 14.3 Å². The monoisotopic (exact) mass is 522 g/mol. The van der Waals surface area contributed by atoms with Crippen molar-refractivity contribution in [3.8, 4) is 11.6 Å². The van der Waals surface area contributed by atoms with Crippen molar-refractivity contribution in [1.29, 1.82) is 0 Å². The SMILES string of the molecule is COc1cnc(-n2ccnn2)c2[nH]cc(C(=O)C(=O)N3CCC(=C(c4ccccc4)c4cnn(C)c4)CC3)c12. The maximum absolute atomic E-state index is 13.5. The normalized spacial score (nSPS) is 13.6. The van der Waals surface area contributed by atoms with Crippen LogP contribution in [0.1, 0.15) is 34.3 Å². The van der Waals surface area contributed by atoms with Crippen LogP contribution in [0.4, 0.5) is 0 Å². The number of H-pyrrole nitrogens is 1. The number of carbonyl (C=O) groups is 2. The number of nitrogens with zero attached hydrogens (tertiary/aromatic N) is 7. The van der Waals surface area contributed by atoms with E-state index >= 15 is 0 Å². The Labute approximate surface area is 223 Å². The van der Waals surface area contributed by atoms with E-state index < -0.39 is 11.7 Å². The Hall–Kier alpha value is -5.06. The van der Waals surface area contributed by atoms with Gasteiger partial charge < -0.3 is 14.6 Å². The van der Waals surface area contributed by atoms with Gasteiger partial charge >= 0.3 is 0 Å². The number of pyridine rings is 1. The van der Waals surface area contributed by atoms with Gasteiger partial charge in [-0.25, -0.2) is 9.67 Å². The van der Waals surface area contributed by atoms with Crippen molar-refractivity contribution >= 4 is 28.2 Å². The minimum Gasteiger partial charge on any atom is -0.494 e. The number of hydrogen-bond donors (Lipinski definition) is 1. The van der Waals surface area contributed by atoms with Gasteiger partial charge in [-0.1, -0.05) is 41.1 Å². The van der Waals surface area contributed by atoms with Gasteiger partial charge in [0.05, 0.1) is 48.4 Å². The molecule has 0 atom stereocenters. The summed E-state index contributed by atoms with van der Waals surface area (Å²) in [6.45, 7) is 0.892. The van der Waals surface area contributed by atoms with Crippen LogP contribution in [0.25, 0.3) is 22.3 Å². The fraction of sp³-hybridized carbons (Fsp3) is 0.214. The number of likely N-dealkylation sites (tertiary alicyclic amines) is 1. The first-order valence-electron chi connectivity index (χ1n) is 12.6. The van der Waals surface area contributed by atoms with Gasteiger partial charge in [0.2, 0.25) is 0 Å². The first-order chi connectivity index (χ1) is 19.0. The van der Waals surface area contributed by atoms with Crippen LogP contribution >= 0.6 is 0 Å². The number of aromatic amines is 1. The van der Waals surface area contributed by atoms with E-state index in [9.17, 15) is 9.59 Å². The van der Waals surface area contributed by atoms with Gasteiger partial charge in [0.1, 0.15) is 5.75 Å². The molecule has 6 rings (SSSR count). The number of benzene rings is 1. The van der Waals surface area contributed by atoms with Crippen molar-refractivity contribution in [2.45, 2.75) is 12.8 Å². The zero-order chi connectivity index (χ0) is 26.9. The van der Waals surface area contributed by atoms with Gasteiger partial charge in [-0.05, 0) is 24.0 Å². The third-order valence-corrected chi connectivity index (χ3v) is 7.02. The number of aryl methyl sites for hydroxylation is 1. The van der Waals surface area contributed by atoms with Gasteiger partial charge in [-0.3, -0.25) is 14.3 Å². The van der Waals surface area contributed by atoms with E-state index in [1.807, 2.05) is 37.6 Å². The molecule has 39 heavy (non-hydrogen) atoms. The summed E-state index contributed by atoms with van der Waals surface area (Å²) in [7, 11) is 3.40. The number of piperidine rings is 1. The molecule has 11 nitrogen and oxygen atoms in total. The topological polar surface area (TPSA) is 124 Å². The number of amides is 1. The summed E-state index contributed by atoms with van der Waals surface area (Å²) in [6.07, 6.45) is 11.4. The van der Waals surface area contributed by atoms with Crippen LogP contribution in [0.15, 0.2) is 73.1 Å². The van der Waals surface area contributed by atoms with Gasteiger partial charge in [-0.2, -0.15) is 5.10 Å². The largest absolute Gasteiger partial charge is 0.494 e. The van der Waals surface area contributed by atoms with Crippen molar-refractivity contribution in [2.75, 3.05) is 20.2 Å². The van der Waals surface area contributed by atoms with Crippen molar-refractivity contribution in [2.24, 2.45) is 7.05 Å². The van der Waals surface area contributed by atoms with Crippen molar-refractivity contribution in [3.05, 3.63) is 89.8 Å². The summed E-state index contributed by atoms with van der Waals surface area (Å²) in [5.41, 5.74) is 5.29. The molecule has 0 unspecified atom stereocenters. The Morgan fingerprint density at radius 3 is 2.51 bits per heavy atom. The van der Waals surface area contributed by atoms with E-state index in [0.717, 1.165) is 16.7 Å². The van der Waals surface area contributed by atoms with E-state index in [1.165, 1.54) is 36.0 Å². The molecule has 1 aromatic carbocycles. The molecule has 1 aliphatic heterocycles. The Morgan fingerprint density at radius 2 is 1.85 bits per heavy atom. The van der Waals surface area contributed by atoms with E-state index in [-0.39, 0.29) is 5.56 Å². The molecule has 0 aliphatic carbocycles. The second-order valence-corrected chi connectivity index (χ2v) is 9.32. The molecule has 0 spiro atoms. The zero-order valence-corrected chi connectivity index (χ0v) is 21.5. The van der Waals surface area contributed by atoms with E-state index in [4.69, 9.17) is 4.74 Å². The van der Waals surface area contributed by atoms with Crippen LogP contribution in [0.3, 0.4) is 0 Å². The number of hydrogen-bond acceptors (Lipinski definition) is 7. The third-order valence-electron chi connectivity index (χ3n) is 7.02. The highest BCUT2D eigenvalue weighted by Crippen LogP contribution is 2.34. The second kappa shape index (κ2) is 10.0. The Balaban J connectivity index is 1.28. The highest BCUT2D eigenvalue weighted by Gasteiger charge is 2.30. The lowest BCUT2D eigenvalue weighted by Crippen LogP contribution is -2.40. The summed E-state index contributed by atoms with van der Waals surface area (Å²) in [4.78, 5) is 36.0. The number of fused-ring (bicyclic) bond motifs is 1. The predicted octanol–water partition coefficient (Wildman–Crippen LogP) is 3.19. The number of rotatable bonds is 6. The van der Waals surface area contributed by atoms with Crippen LogP contribution in [-0.4, -0.2) is 71.5 Å². The average molecular weight is 523 g/mol. The average Bonchev–Trinajstić information content (AvgIpc) is 3.75. The minimum absolute atomic E-state index is 0.234. The van der Waals surface area contributed by atoms with E-state index in [1.54, 1.807) is 15.8 Å². The van der Waals surface area contributed by atoms with Crippen molar-refractivity contribution in [1.82, 2.24) is 39.6 Å².